The number of fused-ring (bicyclic) bond motifs is 1. The van der Waals surface area contributed by atoms with Gasteiger partial charge in [0.2, 0.25) is 0 Å². The quantitative estimate of drug-likeness (QED) is 0.687. The van der Waals surface area contributed by atoms with Gasteiger partial charge in [0, 0.05) is 31.5 Å². The minimum absolute atomic E-state index is 0.864. The Labute approximate surface area is 106 Å². The fraction of sp³-hybridized carbons (Fsp3) is 0.143. The van der Waals surface area contributed by atoms with Gasteiger partial charge in [-0.1, -0.05) is 12.1 Å². The Balaban J connectivity index is 2.17. The molecule has 0 fully saturated rings. The van der Waals surface area contributed by atoms with Crippen molar-refractivity contribution in [1.82, 2.24) is 14.6 Å². The van der Waals surface area contributed by atoms with Gasteiger partial charge in [0.25, 0.3) is 0 Å². The van der Waals surface area contributed by atoms with Gasteiger partial charge in [-0.3, -0.25) is 0 Å². The first-order valence-corrected chi connectivity index (χ1v) is 5.82. The van der Waals surface area contributed by atoms with Crippen LogP contribution < -0.4 is 4.90 Å². The van der Waals surface area contributed by atoms with Crippen molar-refractivity contribution in [2.75, 3.05) is 19.0 Å². The van der Waals surface area contributed by atoms with Crippen LogP contribution in [0.4, 0.5) is 5.69 Å². The summed E-state index contributed by atoms with van der Waals surface area (Å²) in [5, 5.41) is 4.33. The minimum Gasteiger partial charge on any atom is -0.378 e. The zero-order valence-corrected chi connectivity index (χ0v) is 10.4. The molecule has 0 amide bonds. The van der Waals surface area contributed by atoms with Crippen LogP contribution in [0.1, 0.15) is 0 Å². The molecule has 2 heterocycles. The summed E-state index contributed by atoms with van der Waals surface area (Å²) in [5.41, 5.74) is 4.16. The van der Waals surface area contributed by atoms with Gasteiger partial charge < -0.3 is 4.90 Å². The standard InChI is InChI=1S/C14H14N4/c1-17(2)12-6-3-5-11(9-12)13-10-15-14-7-4-8-16-18(13)14/h3-10H,1-2H3. The van der Waals surface area contributed by atoms with Gasteiger partial charge in [-0.15, -0.1) is 0 Å². The van der Waals surface area contributed by atoms with Crippen molar-refractivity contribution in [2.24, 2.45) is 0 Å². The van der Waals surface area contributed by atoms with E-state index < -0.39 is 0 Å². The topological polar surface area (TPSA) is 33.4 Å². The van der Waals surface area contributed by atoms with Crippen molar-refractivity contribution >= 4 is 11.3 Å². The van der Waals surface area contributed by atoms with Crippen LogP contribution in [-0.4, -0.2) is 28.7 Å². The van der Waals surface area contributed by atoms with Crippen molar-refractivity contribution in [3.8, 4) is 11.3 Å². The Hall–Kier alpha value is -2.36. The van der Waals surface area contributed by atoms with Gasteiger partial charge in [-0.2, -0.15) is 5.10 Å². The SMILES string of the molecule is CN(C)c1cccc(-c2cnc3cccnn23)c1. The van der Waals surface area contributed by atoms with Crippen molar-refractivity contribution < 1.29 is 0 Å². The van der Waals surface area contributed by atoms with Crippen LogP contribution >= 0.6 is 0 Å². The molecule has 4 nitrogen and oxygen atoms in total. The molecule has 0 aliphatic heterocycles. The highest BCUT2D eigenvalue weighted by atomic mass is 15.2. The van der Waals surface area contributed by atoms with Gasteiger partial charge in [0.15, 0.2) is 5.65 Å². The van der Waals surface area contributed by atoms with E-state index in [1.165, 1.54) is 5.69 Å². The number of anilines is 1. The third-order valence-corrected chi connectivity index (χ3v) is 2.94. The van der Waals surface area contributed by atoms with Gasteiger partial charge >= 0.3 is 0 Å². The summed E-state index contributed by atoms with van der Waals surface area (Å²) in [7, 11) is 4.07. The van der Waals surface area contributed by atoms with Crippen LogP contribution in [0, 0.1) is 0 Å². The molecule has 3 rings (SSSR count). The van der Waals surface area contributed by atoms with E-state index in [4.69, 9.17) is 0 Å². The van der Waals surface area contributed by atoms with Gasteiger partial charge in [0.05, 0.1) is 11.9 Å². The third-order valence-electron chi connectivity index (χ3n) is 2.94. The Kier molecular flexibility index (Phi) is 2.48. The lowest BCUT2D eigenvalue weighted by Gasteiger charge is -2.13. The summed E-state index contributed by atoms with van der Waals surface area (Å²) in [4.78, 5) is 6.44. The lowest BCUT2D eigenvalue weighted by Crippen LogP contribution is -2.08. The van der Waals surface area contributed by atoms with Crippen LogP contribution in [0.5, 0.6) is 0 Å². The zero-order valence-electron chi connectivity index (χ0n) is 10.4. The molecule has 90 valence electrons. The third kappa shape index (κ3) is 1.72. The number of hydrogen-bond acceptors (Lipinski definition) is 3. The molecule has 0 atom stereocenters. The van der Waals surface area contributed by atoms with E-state index in [2.05, 4.69) is 33.2 Å². The summed E-state index contributed by atoms with van der Waals surface area (Å²) in [6.07, 6.45) is 3.63. The number of aromatic nitrogens is 3. The fourth-order valence-corrected chi connectivity index (χ4v) is 1.97. The molecule has 0 aliphatic carbocycles. The average molecular weight is 238 g/mol. The molecule has 0 unspecified atom stereocenters. The van der Waals surface area contributed by atoms with Crippen LogP contribution in [0.25, 0.3) is 16.9 Å². The second kappa shape index (κ2) is 4.14. The maximum Gasteiger partial charge on any atom is 0.154 e. The molecule has 0 bridgehead atoms. The van der Waals surface area contributed by atoms with Crippen LogP contribution in [-0.2, 0) is 0 Å². The molecular weight excluding hydrogens is 224 g/mol. The lowest BCUT2D eigenvalue weighted by molar-refractivity contribution is 0.942. The van der Waals surface area contributed by atoms with E-state index in [0.717, 1.165) is 16.9 Å². The monoisotopic (exact) mass is 238 g/mol. The molecule has 0 spiro atoms. The molecule has 0 saturated carbocycles. The predicted molar refractivity (Wildman–Crippen MR) is 72.8 cm³/mol. The van der Waals surface area contributed by atoms with E-state index in [1.807, 2.05) is 43.0 Å². The Bertz CT molecular complexity index is 685. The van der Waals surface area contributed by atoms with Crippen LogP contribution in [0.15, 0.2) is 48.8 Å². The summed E-state index contributed by atoms with van der Waals surface area (Å²) < 4.78 is 1.86. The smallest absolute Gasteiger partial charge is 0.154 e. The molecule has 0 N–H and O–H groups in total. The largest absolute Gasteiger partial charge is 0.378 e. The Morgan fingerprint density at radius 3 is 2.83 bits per heavy atom. The van der Waals surface area contributed by atoms with Gasteiger partial charge in [-0.25, -0.2) is 9.50 Å². The Morgan fingerprint density at radius 2 is 2.00 bits per heavy atom. The van der Waals surface area contributed by atoms with Gasteiger partial charge in [-0.05, 0) is 24.3 Å². The summed E-state index contributed by atoms with van der Waals surface area (Å²) in [5.74, 6) is 0. The number of imidazole rings is 1. The maximum absolute atomic E-state index is 4.36. The highest BCUT2D eigenvalue weighted by Crippen LogP contribution is 2.23. The lowest BCUT2D eigenvalue weighted by atomic mass is 10.1. The molecule has 3 aromatic rings. The van der Waals surface area contributed by atoms with E-state index >= 15 is 0 Å². The van der Waals surface area contributed by atoms with Crippen molar-refractivity contribution in [3.05, 3.63) is 48.8 Å². The number of benzene rings is 1. The first-order chi connectivity index (χ1) is 8.75. The van der Waals surface area contributed by atoms with Crippen molar-refractivity contribution in [2.45, 2.75) is 0 Å². The molecule has 18 heavy (non-hydrogen) atoms. The highest BCUT2D eigenvalue weighted by Gasteiger charge is 2.07. The van der Waals surface area contributed by atoms with Crippen molar-refractivity contribution in [1.29, 1.82) is 0 Å². The zero-order chi connectivity index (χ0) is 12.5. The van der Waals surface area contributed by atoms with Crippen LogP contribution in [0.3, 0.4) is 0 Å². The van der Waals surface area contributed by atoms with Gasteiger partial charge in [0.1, 0.15) is 0 Å². The first-order valence-electron chi connectivity index (χ1n) is 5.82. The van der Waals surface area contributed by atoms with E-state index in [0.29, 0.717) is 0 Å². The average Bonchev–Trinajstić information content (AvgIpc) is 2.82. The summed E-state index contributed by atoms with van der Waals surface area (Å²) >= 11 is 0. The highest BCUT2D eigenvalue weighted by molar-refractivity contribution is 5.67. The van der Waals surface area contributed by atoms with E-state index in [9.17, 15) is 0 Å². The van der Waals surface area contributed by atoms with Crippen LogP contribution in [0.2, 0.25) is 0 Å². The minimum atomic E-state index is 0.864. The molecule has 1 aromatic carbocycles. The molecular formula is C14H14N4. The summed E-state index contributed by atoms with van der Waals surface area (Å²) in [6.45, 7) is 0. The molecule has 4 heteroatoms. The maximum atomic E-state index is 4.36. The normalized spacial score (nSPS) is 10.8. The number of nitrogens with zero attached hydrogens (tertiary/aromatic N) is 4. The molecule has 2 aromatic heterocycles. The van der Waals surface area contributed by atoms with E-state index in [-0.39, 0.29) is 0 Å². The fourth-order valence-electron chi connectivity index (χ4n) is 1.97. The number of rotatable bonds is 2. The summed E-state index contributed by atoms with van der Waals surface area (Å²) in [6, 6.07) is 12.2. The second-order valence-electron chi connectivity index (χ2n) is 4.38. The van der Waals surface area contributed by atoms with E-state index in [1.54, 1.807) is 6.20 Å². The Morgan fingerprint density at radius 1 is 1.11 bits per heavy atom. The van der Waals surface area contributed by atoms with Crippen molar-refractivity contribution in [3.63, 3.8) is 0 Å². The predicted octanol–water partition coefficient (Wildman–Crippen LogP) is 2.46. The molecule has 0 radical (unpaired) electrons. The molecule has 0 saturated heterocycles. The number of hydrogen-bond donors (Lipinski definition) is 0. The first kappa shape index (κ1) is 10.8. The second-order valence-corrected chi connectivity index (χ2v) is 4.38. The molecule has 0 aliphatic rings.